The van der Waals surface area contributed by atoms with Crippen LogP contribution in [0.4, 0.5) is 0 Å². The van der Waals surface area contributed by atoms with E-state index >= 15 is 0 Å². The van der Waals surface area contributed by atoms with E-state index in [0.29, 0.717) is 19.2 Å². The van der Waals surface area contributed by atoms with Crippen molar-refractivity contribution >= 4 is 0 Å². The van der Waals surface area contributed by atoms with E-state index in [1.54, 1.807) is 7.11 Å². The van der Waals surface area contributed by atoms with Gasteiger partial charge in [0, 0.05) is 19.7 Å². The van der Waals surface area contributed by atoms with Crippen LogP contribution in [0.1, 0.15) is 18.4 Å². The molecule has 2 rings (SSSR count). The van der Waals surface area contributed by atoms with Gasteiger partial charge in [-0.25, -0.2) is 0 Å². The van der Waals surface area contributed by atoms with E-state index in [1.165, 1.54) is 18.4 Å². The summed E-state index contributed by atoms with van der Waals surface area (Å²) in [5.74, 6) is 0.778. The Morgan fingerprint density at radius 3 is 2.67 bits per heavy atom. The highest BCUT2D eigenvalue weighted by molar-refractivity contribution is 5.16. The van der Waals surface area contributed by atoms with E-state index in [0.717, 1.165) is 12.3 Å². The second-order valence-electron chi connectivity index (χ2n) is 5.15. The Kier molecular flexibility index (Phi) is 5.17. The Morgan fingerprint density at radius 2 is 2.06 bits per heavy atom. The van der Waals surface area contributed by atoms with Crippen LogP contribution in [0.15, 0.2) is 30.3 Å². The molecule has 2 unspecified atom stereocenters. The van der Waals surface area contributed by atoms with Crippen molar-refractivity contribution in [1.29, 1.82) is 0 Å². The summed E-state index contributed by atoms with van der Waals surface area (Å²) in [6, 6.07) is 11.0. The van der Waals surface area contributed by atoms with E-state index < -0.39 is 6.10 Å². The van der Waals surface area contributed by atoms with Crippen LogP contribution in [0, 0.1) is 5.92 Å². The number of aliphatic hydroxyl groups excluding tert-OH is 1. The number of hydrogen-bond acceptors (Lipinski definition) is 3. The smallest absolute Gasteiger partial charge is 0.0897 e. The molecule has 0 radical (unpaired) electrons. The minimum atomic E-state index is -0.410. The van der Waals surface area contributed by atoms with Crippen LogP contribution >= 0.6 is 0 Å². The topological polar surface area (TPSA) is 41.5 Å². The first-order chi connectivity index (χ1) is 8.79. The molecule has 1 aromatic carbocycles. The van der Waals surface area contributed by atoms with E-state index in [9.17, 15) is 5.11 Å². The molecule has 1 aliphatic carbocycles. The van der Waals surface area contributed by atoms with Crippen molar-refractivity contribution in [2.45, 2.75) is 31.4 Å². The van der Waals surface area contributed by atoms with Gasteiger partial charge in [-0.2, -0.15) is 0 Å². The molecule has 0 amide bonds. The van der Waals surface area contributed by atoms with Crippen LogP contribution < -0.4 is 5.32 Å². The first-order valence-electron chi connectivity index (χ1n) is 6.74. The van der Waals surface area contributed by atoms with Crippen molar-refractivity contribution in [2.24, 2.45) is 5.92 Å². The number of benzene rings is 1. The Bertz CT molecular complexity index is 338. The molecule has 0 aliphatic heterocycles. The number of rotatable bonds is 8. The number of methoxy groups -OCH3 is 1. The van der Waals surface area contributed by atoms with Crippen molar-refractivity contribution in [3.05, 3.63) is 35.9 Å². The lowest BCUT2D eigenvalue weighted by molar-refractivity contribution is 0.0622. The molecular weight excluding hydrogens is 226 g/mol. The van der Waals surface area contributed by atoms with Crippen LogP contribution in [-0.2, 0) is 11.2 Å². The average Bonchev–Trinajstić information content (AvgIpc) is 3.20. The third-order valence-electron chi connectivity index (χ3n) is 3.46. The Morgan fingerprint density at radius 1 is 1.33 bits per heavy atom. The summed E-state index contributed by atoms with van der Waals surface area (Å²) in [5.41, 5.74) is 1.36. The first kappa shape index (κ1) is 13.5. The molecule has 0 saturated heterocycles. The van der Waals surface area contributed by atoms with Crippen LogP contribution in [0.3, 0.4) is 0 Å². The minimum Gasteiger partial charge on any atom is -0.389 e. The van der Waals surface area contributed by atoms with E-state index in [2.05, 4.69) is 29.6 Å². The van der Waals surface area contributed by atoms with Gasteiger partial charge < -0.3 is 15.2 Å². The van der Waals surface area contributed by atoms with Crippen molar-refractivity contribution in [2.75, 3.05) is 20.3 Å². The molecule has 1 saturated carbocycles. The normalized spacial score (nSPS) is 18.6. The van der Waals surface area contributed by atoms with Crippen LogP contribution in [0.5, 0.6) is 0 Å². The van der Waals surface area contributed by atoms with Crippen LogP contribution in [0.2, 0.25) is 0 Å². The van der Waals surface area contributed by atoms with Crippen LogP contribution in [-0.4, -0.2) is 37.5 Å². The molecule has 0 spiro atoms. The zero-order valence-electron chi connectivity index (χ0n) is 11.0. The summed E-state index contributed by atoms with van der Waals surface area (Å²) < 4.78 is 4.94. The molecule has 2 atom stereocenters. The lowest BCUT2D eigenvalue weighted by Crippen LogP contribution is -2.39. The molecule has 0 aromatic heterocycles. The molecular formula is C15H23NO2. The number of ether oxygens (including phenoxy) is 1. The maximum absolute atomic E-state index is 9.68. The van der Waals surface area contributed by atoms with Gasteiger partial charge in [0.15, 0.2) is 0 Å². The molecule has 0 bridgehead atoms. The highest BCUT2D eigenvalue weighted by Gasteiger charge is 2.31. The quantitative estimate of drug-likeness (QED) is 0.735. The van der Waals surface area contributed by atoms with Gasteiger partial charge in [0.05, 0.1) is 12.7 Å². The van der Waals surface area contributed by atoms with E-state index in [-0.39, 0.29) is 0 Å². The SMILES string of the molecule is COCC(O)CNC(Cc1ccccc1)C1CC1. The zero-order valence-corrected chi connectivity index (χ0v) is 11.0. The monoisotopic (exact) mass is 249 g/mol. The molecule has 0 heterocycles. The molecule has 100 valence electrons. The summed E-state index contributed by atoms with van der Waals surface area (Å²) in [6.07, 6.45) is 3.26. The molecule has 3 nitrogen and oxygen atoms in total. The van der Waals surface area contributed by atoms with Crippen molar-refractivity contribution < 1.29 is 9.84 Å². The molecule has 18 heavy (non-hydrogen) atoms. The minimum absolute atomic E-state index is 0.399. The summed E-state index contributed by atoms with van der Waals surface area (Å²) in [4.78, 5) is 0. The van der Waals surface area contributed by atoms with Gasteiger partial charge in [-0.3, -0.25) is 0 Å². The third-order valence-corrected chi connectivity index (χ3v) is 3.46. The molecule has 1 fully saturated rings. The average molecular weight is 249 g/mol. The number of nitrogens with one attached hydrogen (secondary N) is 1. The summed E-state index contributed by atoms with van der Waals surface area (Å²) in [5, 5.41) is 13.2. The van der Waals surface area contributed by atoms with E-state index in [4.69, 9.17) is 4.74 Å². The van der Waals surface area contributed by atoms with Gasteiger partial charge in [0.2, 0.25) is 0 Å². The predicted molar refractivity (Wildman–Crippen MR) is 72.5 cm³/mol. The van der Waals surface area contributed by atoms with Gasteiger partial charge in [-0.05, 0) is 30.7 Å². The summed E-state index contributed by atoms with van der Waals surface area (Å²) in [7, 11) is 1.62. The number of aliphatic hydroxyl groups is 1. The number of hydrogen-bond donors (Lipinski definition) is 2. The summed E-state index contributed by atoms with van der Waals surface area (Å²) in [6.45, 7) is 1.01. The molecule has 3 heteroatoms. The fraction of sp³-hybridized carbons (Fsp3) is 0.600. The van der Waals surface area contributed by atoms with Crippen molar-refractivity contribution in [3.8, 4) is 0 Å². The summed E-state index contributed by atoms with van der Waals surface area (Å²) >= 11 is 0. The Balaban J connectivity index is 1.81. The molecule has 1 aromatic rings. The standard InChI is InChI=1S/C15H23NO2/c1-18-11-14(17)10-16-15(13-7-8-13)9-12-5-3-2-4-6-12/h2-6,13-17H,7-11H2,1H3. The fourth-order valence-corrected chi connectivity index (χ4v) is 2.31. The zero-order chi connectivity index (χ0) is 12.8. The first-order valence-corrected chi connectivity index (χ1v) is 6.74. The maximum Gasteiger partial charge on any atom is 0.0897 e. The Labute approximate surface area is 109 Å². The lowest BCUT2D eigenvalue weighted by atomic mass is 10.0. The maximum atomic E-state index is 9.68. The Hall–Kier alpha value is -0.900. The second-order valence-corrected chi connectivity index (χ2v) is 5.15. The van der Waals surface area contributed by atoms with Crippen LogP contribution in [0.25, 0.3) is 0 Å². The van der Waals surface area contributed by atoms with E-state index in [1.807, 2.05) is 6.07 Å². The molecule has 1 aliphatic rings. The highest BCUT2D eigenvalue weighted by Crippen LogP contribution is 2.34. The largest absolute Gasteiger partial charge is 0.389 e. The lowest BCUT2D eigenvalue weighted by Gasteiger charge is -2.20. The second kappa shape index (κ2) is 6.88. The van der Waals surface area contributed by atoms with Crippen molar-refractivity contribution in [1.82, 2.24) is 5.32 Å². The van der Waals surface area contributed by atoms with Gasteiger partial charge in [-0.15, -0.1) is 0 Å². The highest BCUT2D eigenvalue weighted by atomic mass is 16.5. The van der Waals surface area contributed by atoms with Gasteiger partial charge >= 0.3 is 0 Å². The molecule has 2 N–H and O–H groups in total. The fourth-order valence-electron chi connectivity index (χ4n) is 2.31. The van der Waals surface area contributed by atoms with Crippen molar-refractivity contribution in [3.63, 3.8) is 0 Å². The van der Waals surface area contributed by atoms with Gasteiger partial charge in [-0.1, -0.05) is 30.3 Å². The predicted octanol–water partition coefficient (Wildman–Crippen LogP) is 1.60. The third kappa shape index (κ3) is 4.41. The van der Waals surface area contributed by atoms with Gasteiger partial charge in [0.25, 0.3) is 0 Å². The van der Waals surface area contributed by atoms with Gasteiger partial charge in [0.1, 0.15) is 0 Å².